The molecule has 0 aliphatic heterocycles. The summed E-state index contributed by atoms with van der Waals surface area (Å²) >= 11 is 1.76. The van der Waals surface area contributed by atoms with Gasteiger partial charge in [-0.05, 0) is 55.0 Å². The topological polar surface area (TPSA) is 65.2 Å². The van der Waals surface area contributed by atoms with Crippen LogP contribution in [0, 0.1) is 0 Å². The van der Waals surface area contributed by atoms with Crippen LogP contribution in [-0.2, 0) is 0 Å². The Bertz CT molecular complexity index is 873. The molecule has 0 saturated heterocycles. The van der Waals surface area contributed by atoms with Crippen LogP contribution in [0.5, 0.6) is 5.75 Å². The van der Waals surface area contributed by atoms with Crippen molar-refractivity contribution in [3.63, 3.8) is 0 Å². The summed E-state index contributed by atoms with van der Waals surface area (Å²) in [5.41, 5.74) is 2.29. The number of nitrogens with zero attached hydrogens (tertiary/aromatic N) is 2. The van der Waals surface area contributed by atoms with Gasteiger partial charge in [-0.2, -0.15) is 4.98 Å². The standard InChI is InChI=1S/C21H21IN2O3/c1-2-3-4-5-14-26-18-12-10-16(11-13-18)20-23-21(27-24-20)17-8-6-15(7-9-17)19(22)25/h6-13H,2-5,14H2,1H3. The molecular formula is C21H21IN2O3. The van der Waals surface area contributed by atoms with Gasteiger partial charge in [0.15, 0.2) is 0 Å². The van der Waals surface area contributed by atoms with Crippen LogP contribution >= 0.6 is 22.6 Å². The third kappa shape index (κ3) is 5.38. The Morgan fingerprint density at radius 2 is 1.70 bits per heavy atom. The predicted octanol–water partition coefficient (Wildman–Crippen LogP) is 5.94. The van der Waals surface area contributed by atoms with E-state index in [0.29, 0.717) is 17.3 Å². The van der Waals surface area contributed by atoms with Gasteiger partial charge in [-0.25, -0.2) is 0 Å². The summed E-state index contributed by atoms with van der Waals surface area (Å²) in [6.45, 7) is 2.94. The second kappa shape index (κ2) is 9.64. The Kier molecular flexibility index (Phi) is 6.98. The summed E-state index contributed by atoms with van der Waals surface area (Å²) < 4.78 is 11.1. The van der Waals surface area contributed by atoms with Crippen molar-refractivity contribution in [2.24, 2.45) is 0 Å². The van der Waals surface area contributed by atoms with Crippen molar-refractivity contribution >= 4 is 26.4 Å². The molecule has 5 nitrogen and oxygen atoms in total. The van der Waals surface area contributed by atoms with Crippen molar-refractivity contribution in [1.82, 2.24) is 10.1 Å². The molecule has 0 unspecified atom stereocenters. The molecule has 0 atom stereocenters. The Morgan fingerprint density at radius 1 is 1.00 bits per heavy atom. The molecule has 0 bridgehead atoms. The molecule has 0 aliphatic carbocycles. The molecule has 0 amide bonds. The highest BCUT2D eigenvalue weighted by Crippen LogP contribution is 2.24. The number of aromatic nitrogens is 2. The highest BCUT2D eigenvalue weighted by molar-refractivity contribution is 14.1. The number of halogens is 1. The van der Waals surface area contributed by atoms with Crippen molar-refractivity contribution in [1.29, 1.82) is 0 Å². The van der Waals surface area contributed by atoms with Gasteiger partial charge < -0.3 is 9.26 Å². The lowest BCUT2D eigenvalue weighted by atomic mass is 10.1. The average molecular weight is 476 g/mol. The van der Waals surface area contributed by atoms with Gasteiger partial charge in [0.05, 0.1) is 6.61 Å². The van der Waals surface area contributed by atoms with Crippen LogP contribution in [0.1, 0.15) is 43.0 Å². The molecule has 6 heteroatoms. The Morgan fingerprint density at radius 3 is 2.37 bits per heavy atom. The highest BCUT2D eigenvalue weighted by atomic mass is 127. The molecule has 0 fully saturated rings. The fraction of sp³-hybridized carbons (Fsp3) is 0.286. The molecule has 1 aromatic heterocycles. The van der Waals surface area contributed by atoms with Crippen LogP contribution in [0.2, 0.25) is 0 Å². The van der Waals surface area contributed by atoms with Gasteiger partial charge in [-0.15, -0.1) is 0 Å². The van der Waals surface area contributed by atoms with Crippen molar-refractivity contribution in [2.75, 3.05) is 6.61 Å². The zero-order chi connectivity index (χ0) is 19.1. The summed E-state index contributed by atoms with van der Waals surface area (Å²) in [6, 6.07) is 14.8. The zero-order valence-electron chi connectivity index (χ0n) is 15.2. The molecular weight excluding hydrogens is 455 g/mol. The van der Waals surface area contributed by atoms with Crippen LogP contribution in [0.25, 0.3) is 22.8 Å². The lowest BCUT2D eigenvalue weighted by Crippen LogP contribution is -1.97. The summed E-state index contributed by atoms with van der Waals surface area (Å²) in [7, 11) is 0. The van der Waals surface area contributed by atoms with E-state index in [9.17, 15) is 4.79 Å². The van der Waals surface area contributed by atoms with E-state index in [2.05, 4.69) is 17.1 Å². The van der Waals surface area contributed by atoms with Gasteiger partial charge >= 0.3 is 0 Å². The molecule has 1 heterocycles. The summed E-state index contributed by atoms with van der Waals surface area (Å²) in [5.74, 6) is 1.79. The number of ether oxygens (including phenoxy) is 1. The van der Waals surface area contributed by atoms with E-state index >= 15 is 0 Å². The van der Waals surface area contributed by atoms with E-state index < -0.39 is 0 Å². The molecule has 3 aromatic rings. The minimum atomic E-state index is -0.00181. The zero-order valence-corrected chi connectivity index (χ0v) is 17.3. The highest BCUT2D eigenvalue weighted by Gasteiger charge is 2.11. The molecule has 140 valence electrons. The van der Waals surface area contributed by atoms with Gasteiger partial charge in [-0.1, -0.05) is 31.3 Å². The molecule has 0 spiro atoms. The normalized spacial score (nSPS) is 10.7. The molecule has 0 saturated carbocycles. The van der Waals surface area contributed by atoms with E-state index in [1.54, 1.807) is 46.9 Å². The Balaban J connectivity index is 1.63. The molecule has 27 heavy (non-hydrogen) atoms. The van der Waals surface area contributed by atoms with Crippen molar-refractivity contribution in [3.05, 3.63) is 54.1 Å². The molecule has 0 radical (unpaired) electrons. The van der Waals surface area contributed by atoms with Crippen molar-refractivity contribution in [3.8, 4) is 28.6 Å². The summed E-state index contributed by atoms with van der Waals surface area (Å²) in [6.07, 6.45) is 4.75. The van der Waals surface area contributed by atoms with Gasteiger partial charge in [0.25, 0.3) is 5.89 Å². The number of unbranched alkanes of at least 4 members (excludes halogenated alkanes) is 3. The quantitative estimate of drug-likeness (QED) is 0.217. The third-order valence-electron chi connectivity index (χ3n) is 4.16. The van der Waals surface area contributed by atoms with Crippen molar-refractivity contribution < 1.29 is 14.1 Å². The summed E-state index contributed by atoms with van der Waals surface area (Å²) in [5, 5.41) is 4.05. The van der Waals surface area contributed by atoms with E-state index in [0.717, 1.165) is 29.9 Å². The van der Waals surface area contributed by atoms with Gasteiger partial charge in [0.1, 0.15) is 5.75 Å². The van der Waals surface area contributed by atoms with E-state index in [-0.39, 0.29) is 3.79 Å². The first kappa shape index (κ1) is 19.5. The number of hydrogen-bond acceptors (Lipinski definition) is 5. The minimum absolute atomic E-state index is 0.00181. The molecule has 3 rings (SSSR count). The number of rotatable bonds is 9. The first-order valence-corrected chi connectivity index (χ1v) is 10.1. The molecule has 0 aliphatic rings. The predicted molar refractivity (Wildman–Crippen MR) is 113 cm³/mol. The largest absolute Gasteiger partial charge is 0.494 e. The fourth-order valence-electron chi connectivity index (χ4n) is 2.62. The Labute approximate surface area is 172 Å². The van der Waals surface area contributed by atoms with E-state index in [1.165, 1.54) is 19.3 Å². The monoisotopic (exact) mass is 476 g/mol. The van der Waals surface area contributed by atoms with E-state index in [4.69, 9.17) is 9.26 Å². The van der Waals surface area contributed by atoms with Crippen LogP contribution in [0.4, 0.5) is 0 Å². The number of carbonyl (C=O) groups excluding carboxylic acids is 1. The lowest BCUT2D eigenvalue weighted by Gasteiger charge is -2.06. The van der Waals surface area contributed by atoms with Crippen molar-refractivity contribution in [2.45, 2.75) is 32.6 Å². The number of carbonyl (C=O) groups is 1. The second-order valence-electron chi connectivity index (χ2n) is 6.21. The molecule has 0 N–H and O–H groups in total. The SMILES string of the molecule is CCCCCCOc1ccc(-c2noc(-c3ccc(C(=O)I)cc3)n2)cc1. The second-order valence-corrected chi connectivity index (χ2v) is 7.19. The smallest absolute Gasteiger partial charge is 0.258 e. The van der Waals surface area contributed by atoms with Gasteiger partial charge in [0.2, 0.25) is 9.61 Å². The lowest BCUT2D eigenvalue weighted by molar-refractivity contribution is 0.110. The maximum atomic E-state index is 11.3. The fourth-order valence-corrected chi connectivity index (χ4v) is 2.98. The van der Waals surface area contributed by atoms with Crippen LogP contribution in [-0.4, -0.2) is 20.5 Å². The van der Waals surface area contributed by atoms with Gasteiger partial charge in [0, 0.05) is 39.3 Å². The molecule has 2 aromatic carbocycles. The number of benzene rings is 2. The summed E-state index contributed by atoms with van der Waals surface area (Å²) in [4.78, 5) is 15.8. The third-order valence-corrected chi connectivity index (χ3v) is 4.79. The van der Waals surface area contributed by atoms with Gasteiger partial charge in [-0.3, -0.25) is 4.79 Å². The maximum absolute atomic E-state index is 11.3. The first-order valence-electron chi connectivity index (χ1n) is 9.04. The minimum Gasteiger partial charge on any atom is -0.494 e. The van der Waals surface area contributed by atoms with Crippen LogP contribution in [0.3, 0.4) is 0 Å². The maximum Gasteiger partial charge on any atom is 0.258 e. The first-order chi connectivity index (χ1) is 13.2. The van der Waals surface area contributed by atoms with Crippen LogP contribution < -0.4 is 4.74 Å². The number of hydrogen-bond donors (Lipinski definition) is 0. The Hall–Kier alpha value is -2.22. The average Bonchev–Trinajstić information content (AvgIpc) is 3.18. The van der Waals surface area contributed by atoms with E-state index in [1.807, 2.05) is 24.3 Å². The van der Waals surface area contributed by atoms with Crippen LogP contribution in [0.15, 0.2) is 53.1 Å².